The molecule has 0 heterocycles. The summed E-state index contributed by atoms with van der Waals surface area (Å²) in [5.74, 6) is 1.09. The van der Waals surface area contributed by atoms with E-state index in [9.17, 15) is 4.79 Å². The summed E-state index contributed by atoms with van der Waals surface area (Å²) in [7, 11) is 0. The number of thioether (sulfide) groups is 1. The number of halogens is 1. The van der Waals surface area contributed by atoms with Crippen molar-refractivity contribution in [2.45, 2.75) is 6.42 Å². The van der Waals surface area contributed by atoms with Crippen molar-refractivity contribution in [3.05, 3.63) is 29.3 Å². The van der Waals surface area contributed by atoms with Crippen molar-refractivity contribution in [3.8, 4) is 0 Å². The van der Waals surface area contributed by atoms with Crippen molar-refractivity contribution in [3.63, 3.8) is 0 Å². The van der Waals surface area contributed by atoms with E-state index in [4.69, 9.17) is 29.6 Å². The third-order valence-corrected chi connectivity index (χ3v) is 3.23. The number of anilines is 1. The fourth-order valence-electron chi connectivity index (χ4n) is 1.10. The van der Waals surface area contributed by atoms with Crippen LogP contribution in [-0.4, -0.2) is 22.4 Å². The maximum atomic E-state index is 11.5. The zero-order valence-corrected chi connectivity index (χ0v) is 11.5. The lowest BCUT2D eigenvalue weighted by Gasteiger charge is -2.05. The maximum Gasteiger partial charge on any atom is 0.234 e. The average Bonchev–Trinajstić information content (AvgIpc) is 2.24. The van der Waals surface area contributed by atoms with Crippen LogP contribution in [0.5, 0.6) is 0 Å². The highest BCUT2D eigenvalue weighted by Gasteiger charge is 2.03. The van der Waals surface area contributed by atoms with E-state index in [2.05, 4.69) is 5.32 Å². The number of nitrogens with one attached hydrogen (secondary N) is 1. The monoisotopic (exact) mass is 288 g/mol. The van der Waals surface area contributed by atoms with E-state index in [1.165, 1.54) is 11.8 Å². The summed E-state index contributed by atoms with van der Waals surface area (Å²) < 4.78 is 0. The molecular formula is C11H13ClN2OS2. The number of thiocarbonyl (C=S) groups is 1. The van der Waals surface area contributed by atoms with Crippen LogP contribution in [0.3, 0.4) is 0 Å². The standard InChI is InChI=1S/C11H13ClN2OS2/c12-8-2-1-3-9(6-8)14-11(15)7-17-5-4-10(13)16/h1-3,6H,4-5,7H2,(H2,13,16)(H,14,15). The van der Waals surface area contributed by atoms with Gasteiger partial charge < -0.3 is 11.1 Å². The van der Waals surface area contributed by atoms with Crippen LogP contribution in [0, 0.1) is 0 Å². The first-order valence-electron chi connectivity index (χ1n) is 4.99. The lowest BCUT2D eigenvalue weighted by molar-refractivity contribution is -0.113. The van der Waals surface area contributed by atoms with Crippen LogP contribution in [0.4, 0.5) is 5.69 Å². The third-order valence-electron chi connectivity index (χ3n) is 1.83. The number of rotatable bonds is 6. The van der Waals surface area contributed by atoms with Gasteiger partial charge >= 0.3 is 0 Å². The number of nitrogens with two attached hydrogens (primary N) is 1. The average molecular weight is 289 g/mol. The van der Waals surface area contributed by atoms with E-state index in [1.54, 1.807) is 24.3 Å². The first-order valence-corrected chi connectivity index (χ1v) is 6.93. The molecule has 0 atom stereocenters. The van der Waals surface area contributed by atoms with Gasteiger partial charge in [-0.1, -0.05) is 29.9 Å². The van der Waals surface area contributed by atoms with Gasteiger partial charge in [-0.3, -0.25) is 4.79 Å². The largest absolute Gasteiger partial charge is 0.393 e. The van der Waals surface area contributed by atoms with Crippen LogP contribution < -0.4 is 11.1 Å². The minimum atomic E-state index is -0.0554. The smallest absolute Gasteiger partial charge is 0.234 e. The van der Waals surface area contributed by atoms with Gasteiger partial charge in [0.15, 0.2) is 0 Å². The number of carbonyl (C=O) groups excluding carboxylic acids is 1. The molecule has 1 aromatic carbocycles. The number of carbonyl (C=O) groups is 1. The van der Waals surface area contributed by atoms with Gasteiger partial charge in [0.25, 0.3) is 0 Å². The Morgan fingerprint density at radius 1 is 1.53 bits per heavy atom. The first kappa shape index (κ1) is 14.3. The van der Waals surface area contributed by atoms with Crippen LogP contribution in [0.15, 0.2) is 24.3 Å². The van der Waals surface area contributed by atoms with Crippen molar-refractivity contribution in [1.29, 1.82) is 0 Å². The Morgan fingerprint density at radius 2 is 2.29 bits per heavy atom. The summed E-state index contributed by atoms with van der Waals surface area (Å²) in [6, 6.07) is 7.05. The van der Waals surface area contributed by atoms with E-state index in [0.29, 0.717) is 27.9 Å². The van der Waals surface area contributed by atoms with Crippen LogP contribution in [0.2, 0.25) is 5.02 Å². The normalized spacial score (nSPS) is 9.94. The molecule has 0 aromatic heterocycles. The predicted molar refractivity (Wildman–Crippen MR) is 78.8 cm³/mol. The van der Waals surface area contributed by atoms with Crippen molar-refractivity contribution >= 4 is 52.2 Å². The van der Waals surface area contributed by atoms with E-state index in [-0.39, 0.29) is 5.91 Å². The molecule has 0 saturated heterocycles. The molecule has 0 bridgehead atoms. The molecule has 3 N–H and O–H groups in total. The summed E-state index contributed by atoms with van der Waals surface area (Å²) in [5, 5.41) is 3.36. The second kappa shape index (κ2) is 7.53. The molecule has 0 aliphatic carbocycles. The molecule has 0 aliphatic heterocycles. The Hall–Kier alpha value is -0.780. The first-order chi connectivity index (χ1) is 8.08. The lowest BCUT2D eigenvalue weighted by atomic mass is 10.3. The molecule has 0 spiro atoms. The van der Waals surface area contributed by atoms with Gasteiger partial charge in [0, 0.05) is 22.9 Å². The van der Waals surface area contributed by atoms with Crippen molar-refractivity contribution in [2.75, 3.05) is 16.8 Å². The van der Waals surface area contributed by atoms with Gasteiger partial charge in [0.1, 0.15) is 0 Å². The second-order valence-electron chi connectivity index (χ2n) is 3.33. The Kier molecular flexibility index (Phi) is 6.32. The van der Waals surface area contributed by atoms with Gasteiger partial charge in [-0.2, -0.15) is 11.8 Å². The number of hydrogen-bond acceptors (Lipinski definition) is 3. The molecule has 17 heavy (non-hydrogen) atoms. The highest BCUT2D eigenvalue weighted by molar-refractivity contribution is 8.00. The van der Waals surface area contributed by atoms with Crippen LogP contribution in [0.25, 0.3) is 0 Å². The molecule has 1 rings (SSSR count). The molecule has 1 aromatic rings. The van der Waals surface area contributed by atoms with Crippen molar-refractivity contribution in [1.82, 2.24) is 0 Å². The molecule has 3 nitrogen and oxygen atoms in total. The molecule has 0 fully saturated rings. The summed E-state index contributed by atoms with van der Waals surface area (Å²) in [6.45, 7) is 0. The Labute approximate surface area is 115 Å². The topological polar surface area (TPSA) is 55.1 Å². The second-order valence-corrected chi connectivity index (χ2v) is 5.39. The van der Waals surface area contributed by atoms with Crippen molar-refractivity contribution < 1.29 is 4.79 Å². The van der Waals surface area contributed by atoms with Crippen molar-refractivity contribution in [2.24, 2.45) is 5.73 Å². The molecule has 1 amide bonds. The third kappa shape index (κ3) is 6.51. The van der Waals surface area contributed by atoms with E-state index in [1.807, 2.05) is 0 Å². The van der Waals surface area contributed by atoms with Crippen LogP contribution in [-0.2, 0) is 4.79 Å². The van der Waals surface area contributed by atoms with Crippen LogP contribution in [0.1, 0.15) is 6.42 Å². The fraction of sp³-hybridized carbons (Fsp3) is 0.273. The molecular weight excluding hydrogens is 276 g/mol. The number of amides is 1. The van der Waals surface area contributed by atoms with Gasteiger partial charge in [-0.15, -0.1) is 0 Å². The minimum Gasteiger partial charge on any atom is -0.393 e. The quantitative estimate of drug-likeness (QED) is 0.624. The van der Waals surface area contributed by atoms with Gasteiger partial charge in [0.2, 0.25) is 5.91 Å². The highest BCUT2D eigenvalue weighted by atomic mass is 35.5. The maximum absolute atomic E-state index is 11.5. The highest BCUT2D eigenvalue weighted by Crippen LogP contribution is 2.15. The summed E-state index contributed by atoms with van der Waals surface area (Å²) >= 11 is 12.0. The molecule has 0 radical (unpaired) electrons. The van der Waals surface area contributed by atoms with E-state index < -0.39 is 0 Å². The van der Waals surface area contributed by atoms with E-state index >= 15 is 0 Å². The Morgan fingerprint density at radius 3 is 2.94 bits per heavy atom. The molecule has 6 heteroatoms. The van der Waals surface area contributed by atoms with Gasteiger partial charge in [-0.25, -0.2) is 0 Å². The Bertz CT molecular complexity index is 412. The fourth-order valence-corrected chi connectivity index (χ4v) is 2.29. The summed E-state index contributed by atoms with van der Waals surface area (Å²) in [4.78, 5) is 12.0. The van der Waals surface area contributed by atoms with Gasteiger partial charge in [-0.05, 0) is 18.2 Å². The lowest BCUT2D eigenvalue weighted by Crippen LogP contribution is -2.15. The number of benzene rings is 1. The molecule has 92 valence electrons. The summed E-state index contributed by atoms with van der Waals surface area (Å²) in [6.07, 6.45) is 0.657. The summed E-state index contributed by atoms with van der Waals surface area (Å²) in [5.41, 5.74) is 6.06. The Balaban J connectivity index is 2.27. The minimum absolute atomic E-state index is 0.0554. The molecule has 0 aliphatic rings. The van der Waals surface area contributed by atoms with E-state index in [0.717, 1.165) is 5.75 Å². The number of hydrogen-bond donors (Lipinski definition) is 2. The van der Waals surface area contributed by atoms with Gasteiger partial charge in [0.05, 0.1) is 10.7 Å². The zero-order valence-electron chi connectivity index (χ0n) is 9.11. The SMILES string of the molecule is NC(=S)CCSCC(=O)Nc1cccc(Cl)c1. The van der Waals surface area contributed by atoms with Crippen LogP contribution >= 0.6 is 35.6 Å². The predicted octanol–water partition coefficient (Wildman–Crippen LogP) is 2.69. The zero-order chi connectivity index (χ0) is 12.7. The molecule has 0 saturated carbocycles. The molecule has 0 unspecified atom stereocenters.